The highest BCUT2D eigenvalue weighted by Gasteiger charge is 2.11. The summed E-state index contributed by atoms with van der Waals surface area (Å²) in [6.07, 6.45) is 1.93. The number of aryl methyl sites for hydroxylation is 1. The van der Waals surface area contributed by atoms with Gasteiger partial charge in [0.15, 0.2) is 0 Å². The maximum Gasteiger partial charge on any atom is 0.313 e. The molecule has 0 aliphatic rings. The summed E-state index contributed by atoms with van der Waals surface area (Å²) in [5.74, 6) is 0.717. The maximum atomic E-state index is 10.6. The number of aromatic nitrogens is 2. The van der Waals surface area contributed by atoms with Crippen LogP contribution in [0.15, 0.2) is 30.5 Å². The Balaban J connectivity index is 2.19. The number of thioether (sulfide) groups is 1. The van der Waals surface area contributed by atoms with Crippen LogP contribution in [0.5, 0.6) is 5.75 Å². The van der Waals surface area contributed by atoms with Crippen LogP contribution in [-0.4, -0.2) is 33.7 Å². The van der Waals surface area contributed by atoms with Crippen molar-refractivity contribution in [3.05, 3.63) is 36.0 Å². The van der Waals surface area contributed by atoms with Crippen molar-refractivity contribution in [3.8, 4) is 17.0 Å². The first kappa shape index (κ1) is 14.5. The summed E-state index contributed by atoms with van der Waals surface area (Å²) >= 11 is 1.37. The zero-order valence-electron chi connectivity index (χ0n) is 11.4. The zero-order valence-corrected chi connectivity index (χ0v) is 12.2. The lowest BCUT2D eigenvalue weighted by molar-refractivity contribution is -0.133. The normalized spacial score (nSPS) is 10.5. The Labute approximate surface area is 121 Å². The van der Waals surface area contributed by atoms with Crippen molar-refractivity contribution in [1.82, 2.24) is 9.78 Å². The molecule has 2 rings (SSSR count). The molecule has 20 heavy (non-hydrogen) atoms. The van der Waals surface area contributed by atoms with Crippen LogP contribution in [0.4, 0.5) is 0 Å². The van der Waals surface area contributed by atoms with Crippen molar-refractivity contribution in [2.75, 3.05) is 12.9 Å². The first-order chi connectivity index (χ1) is 9.60. The summed E-state index contributed by atoms with van der Waals surface area (Å²) in [5.41, 5.74) is 2.91. The number of aliphatic carboxylic acids is 1. The fourth-order valence-electron chi connectivity index (χ4n) is 1.88. The summed E-state index contributed by atoms with van der Waals surface area (Å²) in [6, 6.07) is 7.68. The van der Waals surface area contributed by atoms with Gasteiger partial charge in [0, 0.05) is 30.1 Å². The molecule has 0 spiro atoms. The van der Waals surface area contributed by atoms with Crippen LogP contribution in [0.1, 0.15) is 5.56 Å². The SMILES string of the molecule is COc1ccc(-c2nn(C)cc2CSCC(=O)O)cc1. The molecule has 106 valence electrons. The van der Waals surface area contributed by atoms with E-state index in [1.54, 1.807) is 11.8 Å². The first-order valence-electron chi connectivity index (χ1n) is 6.06. The summed E-state index contributed by atoms with van der Waals surface area (Å²) in [5, 5.41) is 13.1. The molecule has 1 N–H and O–H groups in total. The molecular formula is C14H16N2O3S. The zero-order chi connectivity index (χ0) is 14.5. The standard InChI is InChI=1S/C14H16N2O3S/c1-16-7-11(8-20-9-13(17)18)14(15-16)10-3-5-12(19-2)6-4-10/h3-7H,8-9H2,1-2H3,(H,17,18). The molecule has 0 atom stereocenters. The molecule has 0 fully saturated rings. The molecule has 0 radical (unpaired) electrons. The van der Waals surface area contributed by atoms with Gasteiger partial charge in [-0.25, -0.2) is 0 Å². The number of hydrogen-bond acceptors (Lipinski definition) is 4. The summed E-state index contributed by atoms with van der Waals surface area (Å²) < 4.78 is 6.88. The fourth-order valence-corrected chi connectivity index (χ4v) is 2.59. The molecule has 0 aliphatic heterocycles. The molecule has 0 amide bonds. The lowest BCUT2D eigenvalue weighted by atomic mass is 10.1. The van der Waals surface area contributed by atoms with Crippen LogP contribution in [0, 0.1) is 0 Å². The molecule has 0 bridgehead atoms. The second-order valence-corrected chi connectivity index (χ2v) is 5.28. The number of hydrogen-bond donors (Lipinski definition) is 1. The van der Waals surface area contributed by atoms with E-state index in [0.29, 0.717) is 5.75 Å². The van der Waals surface area contributed by atoms with Crippen molar-refractivity contribution in [3.63, 3.8) is 0 Å². The van der Waals surface area contributed by atoms with Gasteiger partial charge in [-0.05, 0) is 24.3 Å². The Kier molecular flexibility index (Phi) is 4.68. The van der Waals surface area contributed by atoms with Crippen LogP contribution in [0.25, 0.3) is 11.3 Å². The molecule has 0 saturated heterocycles. The third-order valence-electron chi connectivity index (χ3n) is 2.75. The fraction of sp³-hybridized carbons (Fsp3) is 0.286. The topological polar surface area (TPSA) is 64.4 Å². The van der Waals surface area contributed by atoms with Crippen LogP contribution in [0.2, 0.25) is 0 Å². The molecule has 1 heterocycles. The van der Waals surface area contributed by atoms with E-state index >= 15 is 0 Å². The monoisotopic (exact) mass is 292 g/mol. The van der Waals surface area contributed by atoms with Gasteiger partial charge in [-0.1, -0.05) is 0 Å². The Morgan fingerprint density at radius 2 is 2.10 bits per heavy atom. The van der Waals surface area contributed by atoms with Crippen molar-refractivity contribution in [2.45, 2.75) is 5.75 Å². The highest BCUT2D eigenvalue weighted by Crippen LogP contribution is 2.26. The van der Waals surface area contributed by atoms with Crippen molar-refractivity contribution in [2.24, 2.45) is 7.05 Å². The van der Waals surface area contributed by atoms with E-state index in [9.17, 15) is 4.79 Å². The van der Waals surface area contributed by atoms with Gasteiger partial charge in [0.05, 0.1) is 18.6 Å². The highest BCUT2D eigenvalue weighted by molar-refractivity contribution is 7.99. The number of rotatable bonds is 6. The van der Waals surface area contributed by atoms with Crippen molar-refractivity contribution < 1.29 is 14.6 Å². The number of benzene rings is 1. The predicted molar refractivity (Wildman–Crippen MR) is 79.0 cm³/mol. The van der Waals surface area contributed by atoms with E-state index in [1.807, 2.05) is 37.5 Å². The first-order valence-corrected chi connectivity index (χ1v) is 7.22. The number of carbonyl (C=O) groups is 1. The van der Waals surface area contributed by atoms with E-state index in [2.05, 4.69) is 5.10 Å². The van der Waals surface area contributed by atoms with Crippen LogP contribution < -0.4 is 4.74 Å². The molecule has 1 aromatic carbocycles. The van der Waals surface area contributed by atoms with Crippen LogP contribution in [-0.2, 0) is 17.6 Å². The number of carboxylic acids is 1. The molecule has 0 saturated carbocycles. The smallest absolute Gasteiger partial charge is 0.313 e. The van der Waals surface area contributed by atoms with Gasteiger partial charge in [-0.15, -0.1) is 11.8 Å². The second kappa shape index (κ2) is 6.47. The summed E-state index contributed by atoms with van der Waals surface area (Å²) in [4.78, 5) is 10.6. The van der Waals surface area contributed by atoms with Crippen LogP contribution in [0.3, 0.4) is 0 Å². The molecule has 0 unspecified atom stereocenters. The van der Waals surface area contributed by atoms with E-state index in [1.165, 1.54) is 11.8 Å². The van der Waals surface area contributed by atoms with Gasteiger partial charge >= 0.3 is 5.97 Å². The van der Waals surface area contributed by atoms with Gasteiger partial charge < -0.3 is 9.84 Å². The third-order valence-corrected chi connectivity index (χ3v) is 3.72. The lowest BCUT2D eigenvalue weighted by Gasteiger charge is -2.03. The molecule has 5 nitrogen and oxygen atoms in total. The summed E-state index contributed by atoms with van der Waals surface area (Å²) in [7, 11) is 3.49. The van der Waals surface area contributed by atoms with E-state index in [4.69, 9.17) is 9.84 Å². The lowest BCUT2D eigenvalue weighted by Crippen LogP contribution is -1.98. The average molecular weight is 292 g/mol. The van der Waals surface area contributed by atoms with Crippen molar-refractivity contribution >= 4 is 17.7 Å². The minimum absolute atomic E-state index is 0.0942. The summed E-state index contributed by atoms with van der Waals surface area (Å²) in [6.45, 7) is 0. The molecule has 0 aliphatic carbocycles. The molecule has 1 aromatic heterocycles. The largest absolute Gasteiger partial charge is 0.497 e. The third kappa shape index (κ3) is 3.54. The number of carboxylic acid groups (broad SMARTS) is 1. The predicted octanol–water partition coefficient (Wildman–Crippen LogP) is 2.41. The van der Waals surface area contributed by atoms with Crippen molar-refractivity contribution in [1.29, 1.82) is 0 Å². The van der Waals surface area contributed by atoms with Gasteiger partial charge in [-0.2, -0.15) is 5.10 Å². The number of ether oxygens (including phenoxy) is 1. The molecular weight excluding hydrogens is 276 g/mol. The minimum atomic E-state index is -0.801. The maximum absolute atomic E-state index is 10.6. The second-order valence-electron chi connectivity index (χ2n) is 4.29. The Morgan fingerprint density at radius 1 is 1.40 bits per heavy atom. The minimum Gasteiger partial charge on any atom is -0.497 e. The molecule has 2 aromatic rings. The quantitative estimate of drug-likeness (QED) is 0.885. The van der Waals surface area contributed by atoms with Gasteiger partial charge in [-0.3, -0.25) is 9.48 Å². The highest BCUT2D eigenvalue weighted by atomic mass is 32.2. The average Bonchev–Trinajstić information content (AvgIpc) is 2.79. The number of methoxy groups -OCH3 is 1. The van der Waals surface area contributed by atoms with E-state index < -0.39 is 5.97 Å². The van der Waals surface area contributed by atoms with E-state index in [-0.39, 0.29) is 5.75 Å². The van der Waals surface area contributed by atoms with E-state index in [0.717, 1.165) is 22.6 Å². The molecule has 6 heteroatoms. The Hall–Kier alpha value is -1.95. The number of nitrogens with zero attached hydrogens (tertiary/aromatic N) is 2. The Morgan fingerprint density at radius 3 is 2.70 bits per heavy atom. The van der Waals surface area contributed by atoms with Crippen LogP contribution >= 0.6 is 11.8 Å². The Bertz CT molecular complexity index is 593. The van der Waals surface area contributed by atoms with Gasteiger partial charge in [0.25, 0.3) is 0 Å². The van der Waals surface area contributed by atoms with Gasteiger partial charge in [0.1, 0.15) is 5.75 Å². The van der Waals surface area contributed by atoms with Gasteiger partial charge in [0.2, 0.25) is 0 Å².